The van der Waals surface area contributed by atoms with Gasteiger partial charge in [0.1, 0.15) is 12.8 Å². The third-order valence-electron chi connectivity index (χ3n) is 5.50. The van der Waals surface area contributed by atoms with Crippen molar-refractivity contribution in [3.05, 3.63) is 77.9 Å². The highest BCUT2D eigenvalue weighted by Crippen LogP contribution is 2.42. The number of fused-ring (bicyclic) bond motifs is 2. The highest BCUT2D eigenvalue weighted by atomic mass is 31.2. The summed E-state index contributed by atoms with van der Waals surface area (Å²) in [4.78, 5) is 18.4. The van der Waals surface area contributed by atoms with Crippen LogP contribution >= 0.6 is 7.82 Å². The van der Waals surface area contributed by atoms with Crippen LogP contribution in [-0.2, 0) is 9.98 Å². The number of hydrogen-bond acceptors (Lipinski definition) is 2. The van der Waals surface area contributed by atoms with E-state index in [4.69, 9.17) is 4.52 Å². The Balaban J connectivity index is 1.78. The van der Waals surface area contributed by atoms with E-state index in [0.717, 1.165) is 10.9 Å². The van der Waals surface area contributed by atoms with Gasteiger partial charge in [0, 0.05) is 23.1 Å². The van der Waals surface area contributed by atoms with Gasteiger partial charge in [0.25, 0.3) is 0 Å². The second-order valence-electron chi connectivity index (χ2n) is 7.70. The zero-order valence-electron chi connectivity index (χ0n) is 16.5. The van der Waals surface area contributed by atoms with E-state index in [1.54, 1.807) is 12.1 Å². The Kier molecular flexibility index (Phi) is 4.70. The second kappa shape index (κ2) is 6.96. The number of nitrogens with zero attached hydrogens (tertiary/aromatic N) is 1. The zero-order valence-corrected chi connectivity index (χ0v) is 17.4. The summed E-state index contributed by atoms with van der Waals surface area (Å²) in [6.07, 6.45) is 4.16. The largest absolute Gasteiger partial charge is 0.524 e. The fraction of sp³-hybridized carbons (Fsp3) is 0.174. The quantitative estimate of drug-likeness (QED) is 0.469. The molecule has 0 aliphatic carbocycles. The number of rotatable bonds is 4. The Morgan fingerprint density at radius 1 is 0.931 bits per heavy atom. The van der Waals surface area contributed by atoms with Crippen LogP contribution in [0.3, 0.4) is 0 Å². The molecule has 3 aromatic rings. The fourth-order valence-corrected chi connectivity index (χ4v) is 4.53. The predicted molar refractivity (Wildman–Crippen MR) is 116 cm³/mol. The van der Waals surface area contributed by atoms with Crippen LogP contribution < -0.4 is 4.52 Å². The van der Waals surface area contributed by atoms with Gasteiger partial charge in [0.2, 0.25) is 5.69 Å². The van der Waals surface area contributed by atoms with Gasteiger partial charge in [0.15, 0.2) is 5.71 Å². The van der Waals surface area contributed by atoms with Crippen molar-refractivity contribution in [2.75, 3.05) is 7.05 Å². The molecule has 2 N–H and O–H groups in total. The normalized spacial score (nSPS) is 15.9. The van der Waals surface area contributed by atoms with Gasteiger partial charge in [-0.2, -0.15) is 4.58 Å². The van der Waals surface area contributed by atoms with Crippen LogP contribution in [0.4, 0.5) is 5.69 Å². The molecule has 1 heterocycles. The molecule has 6 heteroatoms. The minimum absolute atomic E-state index is 0.124. The molecule has 1 aliphatic rings. The summed E-state index contributed by atoms with van der Waals surface area (Å²) in [5.74, 6) is 0.171. The second-order valence-corrected chi connectivity index (χ2v) is 8.86. The van der Waals surface area contributed by atoms with Gasteiger partial charge in [-0.25, -0.2) is 4.57 Å². The van der Waals surface area contributed by atoms with E-state index in [2.05, 4.69) is 49.7 Å². The third kappa shape index (κ3) is 3.53. The Morgan fingerprint density at radius 3 is 2.28 bits per heavy atom. The van der Waals surface area contributed by atoms with Crippen molar-refractivity contribution in [1.82, 2.24) is 0 Å². The van der Waals surface area contributed by atoms with Crippen LogP contribution in [0.5, 0.6) is 5.75 Å². The van der Waals surface area contributed by atoms with Gasteiger partial charge in [0.05, 0.1) is 5.41 Å². The standard InChI is InChI=1S/C23H22NO4P/c1-23(2)19-10-6-7-11-20(19)24(3)22(23)15-13-16-12-14-21(28-29(25,26)27)18-9-5-4-8-17(16)18/h4-15H,1-3H3,(H-,25,26,27)/p+1/b15-13+. The highest BCUT2D eigenvalue weighted by molar-refractivity contribution is 7.46. The Labute approximate surface area is 169 Å². The van der Waals surface area contributed by atoms with Crippen molar-refractivity contribution in [2.24, 2.45) is 0 Å². The molecule has 0 spiro atoms. The lowest BCUT2D eigenvalue weighted by Crippen LogP contribution is -2.26. The molecule has 0 bridgehead atoms. The molecular formula is C23H23NO4P+. The number of hydrogen-bond donors (Lipinski definition) is 2. The van der Waals surface area contributed by atoms with Crippen molar-refractivity contribution >= 4 is 36.1 Å². The number of benzene rings is 3. The Bertz CT molecular complexity index is 1220. The van der Waals surface area contributed by atoms with E-state index in [-0.39, 0.29) is 11.2 Å². The van der Waals surface area contributed by atoms with Gasteiger partial charge in [-0.15, -0.1) is 0 Å². The first-order valence-corrected chi connectivity index (χ1v) is 10.9. The monoisotopic (exact) mass is 408 g/mol. The average Bonchev–Trinajstić information content (AvgIpc) is 2.87. The summed E-state index contributed by atoms with van der Waals surface area (Å²) < 4.78 is 18.4. The molecule has 0 saturated carbocycles. The lowest BCUT2D eigenvalue weighted by atomic mass is 9.81. The van der Waals surface area contributed by atoms with Gasteiger partial charge >= 0.3 is 7.82 Å². The molecule has 3 aromatic carbocycles. The Hall–Kier alpha value is -2.72. The summed E-state index contributed by atoms with van der Waals surface area (Å²) >= 11 is 0. The molecule has 0 unspecified atom stereocenters. The van der Waals surface area contributed by atoms with Gasteiger partial charge in [-0.3, -0.25) is 9.79 Å². The van der Waals surface area contributed by atoms with Crippen LogP contribution in [0.25, 0.3) is 16.8 Å². The summed E-state index contributed by atoms with van der Waals surface area (Å²) in [5.41, 5.74) is 4.50. The van der Waals surface area contributed by atoms with Gasteiger partial charge < -0.3 is 4.52 Å². The minimum atomic E-state index is -4.63. The molecule has 29 heavy (non-hydrogen) atoms. The molecule has 5 nitrogen and oxygen atoms in total. The maximum absolute atomic E-state index is 11.3. The van der Waals surface area contributed by atoms with E-state index >= 15 is 0 Å². The highest BCUT2D eigenvalue weighted by Gasteiger charge is 2.42. The van der Waals surface area contributed by atoms with Gasteiger partial charge in [-0.1, -0.05) is 48.5 Å². The smallest absolute Gasteiger partial charge is 0.404 e. The maximum Gasteiger partial charge on any atom is 0.524 e. The zero-order chi connectivity index (χ0) is 20.8. The van der Waals surface area contributed by atoms with Crippen LogP contribution in [-0.4, -0.2) is 27.1 Å². The summed E-state index contributed by atoms with van der Waals surface area (Å²) in [6, 6.07) is 19.3. The number of allylic oxidation sites excluding steroid dienone is 1. The van der Waals surface area contributed by atoms with E-state index < -0.39 is 7.82 Å². The van der Waals surface area contributed by atoms with Crippen molar-refractivity contribution in [3.8, 4) is 5.75 Å². The molecule has 0 radical (unpaired) electrons. The lowest BCUT2D eigenvalue weighted by Gasteiger charge is -2.15. The topological polar surface area (TPSA) is 69.8 Å². The van der Waals surface area contributed by atoms with Crippen LogP contribution in [0, 0.1) is 0 Å². The first-order chi connectivity index (χ1) is 13.7. The van der Waals surface area contributed by atoms with E-state index in [0.29, 0.717) is 5.39 Å². The van der Waals surface area contributed by atoms with Gasteiger partial charge in [-0.05, 0) is 36.9 Å². The first kappa shape index (κ1) is 19.6. The molecular weight excluding hydrogens is 385 g/mol. The third-order valence-corrected chi connectivity index (χ3v) is 5.93. The van der Waals surface area contributed by atoms with Crippen molar-refractivity contribution in [3.63, 3.8) is 0 Å². The first-order valence-electron chi connectivity index (χ1n) is 9.34. The van der Waals surface area contributed by atoms with E-state index in [1.807, 2.05) is 36.4 Å². The molecule has 0 fully saturated rings. The maximum atomic E-state index is 11.3. The van der Waals surface area contributed by atoms with Crippen molar-refractivity contribution in [2.45, 2.75) is 19.3 Å². The molecule has 0 aromatic heterocycles. The minimum Gasteiger partial charge on any atom is -0.404 e. The SMILES string of the molecule is C[N+]1=C(/C=C/c2ccc(OP(=O)(O)O)c3ccccc23)C(C)(C)c2ccccc21. The van der Waals surface area contributed by atoms with Crippen molar-refractivity contribution in [1.29, 1.82) is 0 Å². The summed E-state index contributed by atoms with van der Waals surface area (Å²) in [7, 11) is -2.56. The molecule has 0 saturated heterocycles. The molecule has 4 rings (SSSR count). The summed E-state index contributed by atoms with van der Waals surface area (Å²) in [6.45, 7) is 4.42. The number of phosphoric ester groups is 1. The van der Waals surface area contributed by atoms with Crippen LogP contribution in [0.15, 0.2) is 66.7 Å². The number of phosphoric acid groups is 1. The van der Waals surface area contributed by atoms with Crippen molar-refractivity contribution < 1.29 is 23.5 Å². The predicted octanol–water partition coefficient (Wildman–Crippen LogP) is 5.03. The molecule has 0 amide bonds. The fourth-order valence-electron chi connectivity index (χ4n) is 4.12. The van der Waals surface area contributed by atoms with E-state index in [1.165, 1.54) is 17.0 Å². The molecule has 1 aliphatic heterocycles. The molecule has 0 atom stereocenters. The van der Waals surface area contributed by atoms with E-state index in [9.17, 15) is 14.4 Å². The molecule has 148 valence electrons. The lowest BCUT2D eigenvalue weighted by molar-refractivity contribution is -0.401. The number of para-hydroxylation sites is 1. The summed E-state index contributed by atoms with van der Waals surface area (Å²) in [5, 5.41) is 1.52. The average molecular weight is 408 g/mol. The van der Waals surface area contributed by atoms with Crippen LogP contribution in [0.1, 0.15) is 25.0 Å². The Morgan fingerprint density at radius 2 is 1.59 bits per heavy atom. The van der Waals surface area contributed by atoms with Crippen LogP contribution in [0.2, 0.25) is 0 Å².